The van der Waals surface area contributed by atoms with Gasteiger partial charge in [0.1, 0.15) is 16.4 Å². The molecule has 0 fully saturated rings. The zero-order valence-corrected chi connectivity index (χ0v) is 13.2. The van der Waals surface area contributed by atoms with Crippen molar-refractivity contribution in [3.05, 3.63) is 59.0 Å². The minimum atomic E-state index is -0.297. The molecule has 2 N–H and O–H groups in total. The van der Waals surface area contributed by atoms with Crippen molar-refractivity contribution in [3.8, 4) is 10.7 Å². The first-order chi connectivity index (χ1) is 11.2. The number of anilines is 1. The van der Waals surface area contributed by atoms with Gasteiger partial charge in [-0.1, -0.05) is 12.1 Å². The first-order valence-electron chi connectivity index (χ1n) is 6.91. The largest absolute Gasteiger partial charge is 0.392 e. The molecule has 0 radical (unpaired) electrons. The number of nitrogens with zero attached hydrogens (tertiary/aromatic N) is 3. The number of aryl methyl sites for hydroxylation is 1. The number of hydrogen-bond donors (Lipinski definition) is 2. The maximum Gasteiger partial charge on any atom is 0.275 e. The fourth-order valence-corrected chi connectivity index (χ4v) is 2.75. The molecule has 0 spiro atoms. The first-order valence-corrected chi connectivity index (χ1v) is 7.79. The smallest absolute Gasteiger partial charge is 0.275 e. The van der Waals surface area contributed by atoms with E-state index in [4.69, 9.17) is 0 Å². The van der Waals surface area contributed by atoms with Gasteiger partial charge >= 0.3 is 0 Å². The summed E-state index contributed by atoms with van der Waals surface area (Å²) in [5.41, 5.74) is 3.28. The predicted octanol–water partition coefficient (Wildman–Crippen LogP) is 2.65. The Hall–Kier alpha value is -2.64. The number of amides is 1. The van der Waals surface area contributed by atoms with E-state index in [9.17, 15) is 9.90 Å². The number of benzene rings is 1. The van der Waals surface area contributed by atoms with E-state index in [0.29, 0.717) is 22.1 Å². The number of aliphatic hydroxyl groups excluding tert-OH is 1. The van der Waals surface area contributed by atoms with Crippen LogP contribution in [0.25, 0.3) is 10.7 Å². The van der Waals surface area contributed by atoms with Crippen molar-refractivity contribution in [2.24, 2.45) is 0 Å². The molecule has 0 atom stereocenters. The summed E-state index contributed by atoms with van der Waals surface area (Å²) in [5, 5.41) is 14.3. The van der Waals surface area contributed by atoms with Gasteiger partial charge in [0.15, 0.2) is 0 Å². The number of carbonyl (C=O) groups is 1. The molecule has 7 heteroatoms. The highest BCUT2D eigenvalue weighted by molar-refractivity contribution is 7.13. The number of thiazole rings is 1. The monoisotopic (exact) mass is 326 g/mol. The van der Waals surface area contributed by atoms with Gasteiger partial charge in [-0.05, 0) is 24.1 Å². The molecule has 1 aromatic carbocycles. The Labute approximate surface area is 136 Å². The quantitative estimate of drug-likeness (QED) is 0.769. The summed E-state index contributed by atoms with van der Waals surface area (Å²) in [6.07, 6.45) is 4.78. The molecular formula is C16H14N4O2S. The number of hydrogen-bond acceptors (Lipinski definition) is 6. The fraction of sp³-hybridized carbons (Fsp3) is 0.125. The molecule has 2 aromatic heterocycles. The van der Waals surface area contributed by atoms with Crippen molar-refractivity contribution in [2.75, 3.05) is 5.32 Å². The summed E-state index contributed by atoms with van der Waals surface area (Å²) in [6.45, 7) is 1.82. The van der Waals surface area contributed by atoms with Gasteiger partial charge < -0.3 is 10.4 Å². The lowest BCUT2D eigenvalue weighted by atomic mass is 10.1. The van der Waals surface area contributed by atoms with Crippen molar-refractivity contribution in [3.63, 3.8) is 0 Å². The highest BCUT2D eigenvalue weighted by Gasteiger charge is 2.14. The van der Waals surface area contributed by atoms with Crippen LogP contribution in [0.3, 0.4) is 0 Å². The SMILES string of the molecule is Cc1ccc(CO)cc1NC(=O)c1csc(-c2cnccn2)n1. The Morgan fingerprint density at radius 3 is 2.96 bits per heavy atom. The second-order valence-electron chi connectivity index (χ2n) is 4.89. The van der Waals surface area contributed by atoms with E-state index in [1.807, 2.05) is 19.1 Å². The normalized spacial score (nSPS) is 10.5. The van der Waals surface area contributed by atoms with Gasteiger partial charge in [-0.25, -0.2) is 4.98 Å². The van der Waals surface area contributed by atoms with Crippen molar-refractivity contribution in [1.82, 2.24) is 15.0 Å². The average molecular weight is 326 g/mol. The van der Waals surface area contributed by atoms with Crippen LogP contribution in [0.1, 0.15) is 21.6 Å². The molecule has 0 aliphatic carbocycles. The van der Waals surface area contributed by atoms with Crippen LogP contribution in [0.2, 0.25) is 0 Å². The van der Waals surface area contributed by atoms with E-state index in [-0.39, 0.29) is 12.5 Å². The van der Waals surface area contributed by atoms with Crippen LogP contribution in [0.4, 0.5) is 5.69 Å². The van der Waals surface area contributed by atoms with E-state index in [1.165, 1.54) is 11.3 Å². The Morgan fingerprint density at radius 2 is 2.22 bits per heavy atom. The number of nitrogens with one attached hydrogen (secondary N) is 1. The van der Waals surface area contributed by atoms with Crippen molar-refractivity contribution in [1.29, 1.82) is 0 Å². The number of aromatic nitrogens is 3. The van der Waals surface area contributed by atoms with Crippen molar-refractivity contribution < 1.29 is 9.90 Å². The van der Waals surface area contributed by atoms with E-state index >= 15 is 0 Å². The van der Waals surface area contributed by atoms with Gasteiger partial charge in [0.05, 0.1) is 12.8 Å². The summed E-state index contributed by atoms with van der Waals surface area (Å²) >= 11 is 1.34. The third-order valence-corrected chi connectivity index (χ3v) is 4.12. The van der Waals surface area contributed by atoms with Crippen LogP contribution in [0.5, 0.6) is 0 Å². The van der Waals surface area contributed by atoms with Gasteiger partial charge in [-0.15, -0.1) is 11.3 Å². The van der Waals surface area contributed by atoms with Crippen LogP contribution >= 0.6 is 11.3 Å². The lowest BCUT2D eigenvalue weighted by Gasteiger charge is -2.08. The molecule has 3 aromatic rings. The number of carbonyl (C=O) groups excluding carboxylic acids is 1. The third kappa shape index (κ3) is 3.41. The Balaban J connectivity index is 1.81. The summed E-state index contributed by atoms with van der Waals surface area (Å²) in [6, 6.07) is 5.43. The second kappa shape index (κ2) is 6.64. The first kappa shape index (κ1) is 15.3. The molecule has 1 amide bonds. The molecule has 0 saturated carbocycles. The zero-order chi connectivity index (χ0) is 16.2. The van der Waals surface area contributed by atoms with Crippen LogP contribution in [-0.4, -0.2) is 26.0 Å². The fourth-order valence-electron chi connectivity index (χ4n) is 1.99. The maximum absolute atomic E-state index is 12.3. The number of rotatable bonds is 4. The highest BCUT2D eigenvalue weighted by atomic mass is 32.1. The summed E-state index contributed by atoms with van der Waals surface area (Å²) in [5.74, 6) is -0.297. The lowest BCUT2D eigenvalue weighted by molar-refractivity contribution is 0.102. The average Bonchev–Trinajstić information content (AvgIpc) is 3.08. The molecule has 0 aliphatic rings. The number of aliphatic hydroxyl groups is 1. The molecule has 0 bridgehead atoms. The molecular weight excluding hydrogens is 312 g/mol. The lowest BCUT2D eigenvalue weighted by Crippen LogP contribution is -2.13. The summed E-state index contributed by atoms with van der Waals surface area (Å²) in [7, 11) is 0. The van der Waals surface area contributed by atoms with Crippen LogP contribution in [-0.2, 0) is 6.61 Å². The standard InChI is InChI=1S/C16H14N4O2S/c1-10-2-3-11(8-21)6-12(10)19-15(22)14-9-23-16(20-14)13-7-17-4-5-18-13/h2-7,9,21H,8H2,1H3,(H,19,22). The summed E-state index contributed by atoms with van der Waals surface area (Å²) < 4.78 is 0. The molecule has 0 aliphatic heterocycles. The third-order valence-electron chi connectivity index (χ3n) is 3.25. The van der Waals surface area contributed by atoms with Crippen LogP contribution in [0.15, 0.2) is 42.2 Å². The second-order valence-corrected chi connectivity index (χ2v) is 5.75. The summed E-state index contributed by atoms with van der Waals surface area (Å²) in [4.78, 5) is 24.8. The highest BCUT2D eigenvalue weighted by Crippen LogP contribution is 2.22. The van der Waals surface area contributed by atoms with E-state index in [1.54, 1.807) is 30.0 Å². The van der Waals surface area contributed by atoms with Gasteiger partial charge in [0.25, 0.3) is 5.91 Å². The predicted molar refractivity (Wildman–Crippen MR) is 88.2 cm³/mol. The van der Waals surface area contributed by atoms with Crippen LogP contribution in [0, 0.1) is 6.92 Å². The molecule has 0 unspecified atom stereocenters. The van der Waals surface area contributed by atoms with E-state index in [0.717, 1.165) is 11.1 Å². The van der Waals surface area contributed by atoms with Gasteiger partial charge in [-0.2, -0.15) is 0 Å². The van der Waals surface area contributed by atoms with Gasteiger partial charge in [0.2, 0.25) is 0 Å². The zero-order valence-electron chi connectivity index (χ0n) is 12.4. The Kier molecular flexibility index (Phi) is 4.40. The minimum Gasteiger partial charge on any atom is -0.392 e. The van der Waals surface area contributed by atoms with Crippen LogP contribution < -0.4 is 5.32 Å². The molecule has 0 saturated heterocycles. The topological polar surface area (TPSA) is 88.0 Å². The van der Waals surface area contributed by atoms with E-state index in [2.05, 4.69) is 20.3 Å². The Morgan fingerprint density at radius 1 is 1.35 bits per heavy atom. The minimum absolute atomic E-state index is 0.0727. The van der Waals surface area contributed by atoms with Gasteiger partial charge in [0, 0.05) is 23.5 Å². The molecule has 23 heavy (non-hydrogen) atoms. The molecule has 2 heterocycles. The van der Waals surface area contributed by atoms with Gasteiger partial charge in [-0.3, -0.25) is 14.8 Å². The Bertz CT molecular complexity index is 833. The maximum atomic E-state index is 12.3. The van der Waals surface area contributed by atoms with Crippen molar-refractivity contribution in [2.45, 2.75) is 13.5 Å². The molecule has 116 valence electrons. The van der Waals surface area contributed by atoms with Crippen molar-refractivity contribution >= 4 is 22.9 Å². The van der Waals surface area contributed by atoms with E-state index < -0.39 is 0 Å². The molecule has 6 nitrogen and oxygen atoms in total. The molecule has 3 rings (SSSR count).